The molecule has 0 aromatic heterocycles. The van der Waals surface area contributed by atoms with E-state index in [1.807, 2.05) is 0 Å². The van der Waals surface area contributed by atoms with Crippen LogP contribution >= 0.6 is 0 Å². The Morgan fingerprint density at radius 2 is 2.00 bits per heavy atom. The van der Waals surface area contributed by atoms with Crippen molar-refractivity contribution in [3.05, 3.63) is 0 Å². The van der Waals surface area contributed by atoms with E-state index in [-0.39, 0.29) is 23.1 Å². The van der Waals surface area contributed by atoms with Crippen LogP contribution in [-0.2, 0) is 14.6 Å². The summed E-state index contributed by atoms with van der Waals surface area (Å²) in [6.45, 7) is 0.506. The van der Waals surface area contributed by atoms with Gasteiger partial charge in [0.15, 0.2) is 0 Å². The van der Waals surface area contributed by atoms with Gasteiger partial charge in [0.25, 0.3) is 0 Å². The smallest absolute Gasteiger partial charge is 0.237 e. The van der Waals surface area contributed by atoms with E-state index < -0.39 is 9.84 Å². The summed E-state index contributed by atoms with van der Waals surface area (Å²) in [6, 6.07) is 0.438. The van der Waals surface area contributed by atoms with Gasteiger partial charge >= 0.3 is 0 Å². The molecule has 3 fully saturated rings. The average Bonchev–Trinajstić information content (AvgIpc) is 3.01. The molecule has 2 aliphatic carbocycles. The molecule has 21 heavy (non-hydrogen) atoms. The number of sulfone groups is 1. The molecule has 0 spiro atoms. The van der Waals surface area contributed by atoms with Crippen molar-refractivity contribution in [3.63, 3.8) is 0 Å². The average molecular weight is 314 g/mol. The van der Waals surface area contributed by atoms with E-state index in [9.17, 15) is 13.2 Å². The predicted octanol–water partition coefficient (Wildman–Crippen LogP) is 0.848. The largest absolute Gasteiger partial charge is 0.354 e. The van der Waals surface area contributed by atoms with E-state index in [2.05, 4.69) is 10.6 Å². The molecule has 3 unspecified atom stereocenters. The molecule has 3 aliphatic rings. The molecule has 0 bridgehead atoms. The maximum Gasteiger partial charge on any atom is 0.237 e. The van der Waals surface area contributed by atoms with Gasteiger partial charge in [-0.1, -0.05) is 12.8 Å². The number of rotatable bonds is 5. The first-order valence-corrected chi connectivity index (χ1v) is 10.1. The first-order valence-electron chi connectivity index (χ1n) is 8.08. The van der Waals surface area contributed by atoms with Gasteiger partial charge in [-0.2, -0.15) is 0 Å². The van der Waals surface area contributed by atoms with E-state index in [1.165, 1.54) is 31.9 Å². The van der Waals surface area contributed by atoms with E-state index in [1.54, 1.807) is 0 Å². The lowest BCUT2D eigenvalue weighted by atomic mass is 9.85. The van der Waals surface area contributed by atoms with Crippen LogP contribution in [0.5, 0.6) is 0 Å². The number of hydrogen-bond donors (Lipinski definition) is 2. The number of amides is 1. The van der Waals surface area contributed by atoms with E-state index >= 15 is 0 Å². The zero-order valence-corrected chi connectivity index (χ0v) is 13.5. The zero-order chi connectivity index (χ0) is 15.1. The van der Waals surface area contributed by atoms with Crippen LogP contribution in [0.3, 0.4) is 0 Å². The van der Waals surface area contributed by atoms with Gasteiger partial charge in [0.1, 0.15) is 9.84 Å². The number of carbonyl (C=O) groups excluding carboxylic acids is 1. The number of nitrogens with one attached hydrogen (secondary N) is 2. The maximum atomic E-state index is 12.3. The van der Waals surface area contributed by atoms with Crippen molar-refractivity contribution >= 4 is 15.7 Å². The van der Waals surface area contributed by atoms with Crippen molar-refractivity contribution in [1.82, 2.24) is 10.6 Å². The van der Waals surface area contributed by atoms with Gasteiger partial charge in [-0.15, -0.1) is 0 Å². The molecule has 0 aromatic carbocycles. The third-order valence-electron chi connectivity index (χ3n) is 5.34. The quantitative estimate of drug-likeness (QED) is 0.789. The van der Waals surface area contributed by atoms with Crippen LogP contribution in [0.2, 0.25) is 0 Å². The fourth-order valence-corrected chi connectivity index (χ4v) is 5.53. The minimum Gasteiger partial charge on any atom is -0.354 e. The van der Waals surface area contributed by atoms with Gasteiger partial charge in [-0.05, 0) is 38.0 Å². The lowest BCUT2D eigenvalue weighted by molar-refractivity contribution is -0.123. The molecule has 1 aliphatic heterocycles. The van der Waals surface area contributed by atoms with Crippen LogP contribution in [0.25, 0.3) is 0 Å². The summed E-state index contributed by atoms with van der Waals surface area (Å²) in [4.78, 5) is 12.3. The lowest BCUT2D eigenvalue weighted by Gasteiger charge is -2.24. The Kier molecular flexibility index (Phi) is 4.03. The predicted molar refractivity (Wildman–Crippen MR) is 81.7 cm³/mol. The first kappa shape index (κ1) is 15.3. The molecule has 6 heteroatoms. The lowest BCUT2D eigenvalue weighted by Crippen LogP contribution is -2.45. The van der Waals surface area contributed by atoms with Crippen LogP contribution in [0, 0.1) is 11.3 Å². The molecule has 1 amide bonds. The van der Waals surface area contributed by atoms with Crippen LogP contribution in [0.15, 0.2) is 0 Å². The van der Waals surface area contributed by atoms with Crippen molar-refractivity contribution in [2.45, 2.75) is 57.0 Å². The Morgan fingerprint density at radius 1 is 1.29 bits per heavy atom. The third kappa shape index (κ3) is 3.77. The Hall–Kier alpha value is -0.620. The molecular weight excluding hydrogens is 288 g/mol. The van der Waals surface area contributed by atoms with E-state index in [0.717, 1.165) is 19.3 Å². The second kappa shape index (κ2) is 5.54. The molecule has 2 N–H and O–H groups in total. The van der Waals surface area contributed by atoms with Crippen LogP contribution < -0.4 is 10.6 Å². The van der Waals surface area contributed by atoms with Gasteiger partial charge < -0.3 is 10.6 Å². The maximum absolute atomic E-state index is 12.3. The van der Waals surface area contributed by atoms with Crippen LogP contribution in [0.4, 0.5) is 0 Å². The van der Waals surface area contributed by atoms with Gasteiger partial charge in [0, 0.05) is 24.3 Å². The Balaban J connectivity index is 1.49. The summed E-state index contributed by atoms with van der Waals surface area (Å²) in [5, 5.41) is 6.46. The normalized spacial score (nSPS) is 34.2. The summed E-state index contributed by atoms with van der Waals surface area (Å²) >= 11 is 0. The Bertz CT molecular complexity index is 499. The number of fused-ring (bicyclic) bond motifs is 1. The second-order valence-electron chi connectivity index (χ2n) is 7.39. The van der Waals surface area contributed by atoms with Gasteiger partial charge in [-0.3, -0.25) is 4.79 Å². The Morgan fingerprint density at radius 3 is 2.62 bits per heavy atom. The van der Waals surface area contributed by atoms with Gasteiger partial charge in [0.05, 0.1) is 11.8 Å². The van der Waals surface area contributed by atoms with E-state index in [4.69, 9.17) is 0 Å². The van der Waals surface area contributed by atoms with Crippen LogP contribution in [0.1, 0.15) is 44.9 Å². The summed E-state index contributed by atoms with van der Waals surface area (Å²) in [6.07, 6.45) is 9.00. The highest BCUT2D eigenvalue weighted by atomic mass is 32.2. The SMILES string of the molecule is CS(=O)(=O)CC1(CNC(=O)C2CC3CCCCC3N2)CC1. The summed E-state index contributed by atoms with van der Waals surface area (Å²) < 4.78 is 22.9. The molecular formula is C15H26N2O3S. The fraction of sp³-hybridized carbons (Fsp3) is 0.933. The van der Waals surface area contributed by atoms with Crippen molar-refractivity contribution in [2.75, 3.05) is 18.6 Å². The van der Waals surface area contributed by atoms with Crippen molar-refractivity contribution in [3.8, 4) is 0 Å². The third-order valence-corrected chi connectivity index (χ3v) is 6.48. The molecule has 3 rings (SSSR count). The molecule has 2 saturated carbocycles. The number of hydrogen-bond acceptors (Lipinski definition) is 4. The number of carbonyl (C=O) groups is 1. The van der Waals surface area contributed by atoms with Crippen molar-refractivity contribution < 1.29 is 13.2 Å². The topological polar surface area (TPSA) is 75.3 Å². The van der Waals surface area contributed by atoms with Gasteiger partial charge in [0.2, 0.25) is 5.91 Å². The fourth-order valence-electron chi connectivity index (χ4n) is 4.02. The van der Waals surface area contributed by atoms with Gasteiger partial charge in [-0.25, -0.2) is 8.42 Å². The summed E-state index contributed by atoms with van der Waals surface area (Å²) in [7, 11) is -2.97. The molecule has 1 heterocycles. The highest BCUT2D eigenvalue weighted by Gasteiger charge is 2.46. The minimum atomic E-state index is -2.97. The zero-order valence-electron chi connectivity index (χ0n) is 12.7. The Labute approximate surface area is 127 Å². The molecule has 1 saturated heterocycles. The highest BCUT2D eigenvalue weighted by Crippen LogP contribution is 2.46. The molecule has 3 atom stereocenters. The van der Waals surface area contributed by atoms with Crippen molar-refractivity contribution in [2.24, 2.45) is 11.3 Å². The second-order valence-corrected chi connectivity index (χ2v) is 9.53. The minimum absolute atomic E-state index is 0.0594. The first-order chi connectivity index (χ1) is 9.87. The monoisotopic (exact) mass is 314 g/mol. The van der Waals surface area contributed by atoms with E-state index in [0.29, 0.717) is 18.5 Å². The molecule has 0 radical (unpaired) electrons. The molecule has 0 aromatic rings. The summed E-state index contributed by atoms with van der Waals surface area (Å²) in [5.74, 6) is 0.911. The molecule has 5 nitrogen and oxygen atoms in total. The molecule has 120 valence electrons. The standard InChI is InChI=1S/C15H26N2O3S/c1-21(19,20)10-15(6-7-15)9-16-14(18)13-8-11-4-2-3-5-12(11)17-13/h11-13,17H,2-10H2,1H3,(H,16,18). The van der Waals surface area contributed by atoms with Crippen LogP contribution in [-0.4, -0.2) is 45.0 Å². The highest BCUT2D eigenvalue weighted by molar-refractivity contribution is 7.90. The van der Waals surface area contributed by atoms with Crippen molar-refractivity contribution in [1.29, 1.82) is 0 Å². The summed E-state index contributed by atoms with van der Waals surface area (Å²) in [5.41, 5.74) is -0.186.